The third-order valence-electron chi connectivity index (χ3n) is 2.36. The van der Waals surface area contributed by atoms with Crippen molar-refractivity contribution < 1.29 is 4.39 Å². The summed E-state index contributed by atoms with van der Waals surface area (Å²) in [6.07, 6.45) is -0.111. The Balaban J connectivity index is 0.000000980. The molecule has 2 rings (SSSR count). The molecule has 2 unspecified atom stereocenters. The van der Waals surface area contributed by atoms with Gasteiger partial charge in [-0.05, 0) is 18.1 Å². The molecule has 1 nitrogen and oxygen atoms in total. The van der Waals surface area contributed by atoms with Crippen LogP contribution >= 0.6 is 28.3 Å². The van der Waals surface area contributed by atoms with Gasteiger partial charge < -0.3 is 5.32 Å². The predicted molar refractivity (Wildman–Crippen MR) is 61.6 cm³/mol. The molecule has 1 aromatic carbocycles. The summed E-state index contributed by atoms with van der Waals surface area (Å²) in [5.41, 5.74) is 1.16. The summed E-state index contributed by atoms with van der Waals surface area (Å²) < 4.78 is 14.0. The van der Waals surface area contributed by atoms with Crippen LogP contribution in [-0.2, 0) is 0 Å². The number of rotatable bonds is 1. The minimum absolute atomic E-state index is 0. The summed E-state index contributed by atoms with van der Waals surface area (Å²) in [6.45, 7) is 0.478. The molecule has 0 radical (unpaired) electrons. The molecule has 1 heterocycles. The smallest absolute Gasteiger partial charge is 0.114 e. The monoisotopic (exact) mass is 279 g/mol. The molecular formula is C10H12BrClFN. The van der Waals surface area contributed by atoms with Crippen molar-refractivity contribution in [3.63, 3.8) is 0 Å². The highest BCUT2D eigenvalue weighted by Crippen LogP contribution is 2.30. The van der Waals surface area contributed by atoms with E-state index < -0.39 is 6.17 Å². The zero-order chi connectivity index (χ0) is 9.26. The first-order valence-electron chi connectivity index (χ1n) is 4.39. The number of benzene rings is 1. The van der Waals surface area contributed by atoms with Crippen LogP contribution in [0.25, 0.3) is 0 Å². The van der Waals surface area contributed by atoms with Crippen LogP contribution in [0.3, 0.4) is 0 Å². The van der Waals surface area contributed by atoms with Crippen LogP contribution < -0.4 is 5.32 Å². The van der Waals surface area contributed by atoms with E-state index in [1.165, 1.54) is 0 Å². The summed E-state index contributed by atoms with van der Waals surface area (Å²) >= 11 is 3.46. The Hall–Kier alpha value is -0.120. The van der Waals surface area contributed by atoms with Gasteiger partial charge in [0.2, 0.25) is 0 Å². The van der Waals surface area contributed by atoms with Gasteiger partial charge in [-0.3, -0.25) is 0 Å². The van der Waals surface area contributed by atoms with Crippen LogP contribution in [0.5, 0.6) is 0 Å². The highest BCUT2D eigenvalue weighted by molar-refractivity contribution is 9.10. The Morgan fingerprint density at radius 3 is 2.64 bits per heavy atom. The zero-order valence-electron chi connectivity index (χ0n) is 7.54. The first kappa shape index (κ1) is 12.0. The van der Waals surface area contributed by atoms with Crippen molar-refractivity contribution in [3.05, 3.63) is 34.3 Å². The molecule has 4 heteroatoms. The normalized spacial score (nSPS) is 25.9. The first-order chi connectivity index (χ1) is 6.27. The highest BCUT2D eigenvalue weighted by atomic mass is 79.9. The Morgan fingerprint density at radius 1 is 1.36 bits per heavy atom. The van der Waals surface area contributed by atoms with E-state index in [4.69, 9.17) is 0 Å². The molecule has 1 aliphatic rings. The minimum atomic E-state index is -0.697. The quantitative estimate of drug-likeness (QED) is 0.833. The average Bonchev–Trinajstić information content (AvgIpc) is 2.53. The molecule has 1 saturated heterocycles. The molecule has 1 aromatic rings. The van der Waals surface area contributed by atoms with Gasteiger partial charge in [0.25, 0.3) is 0 Å². The number of hydrogen-bond donors (Lipinski definition) is 1. The lowest BCUT2D eigenvalue weighted by Gasteiger charge is -2.11. The van der Waals surface area contributed by atoms with Gasteiger partial charge in [-0.15, -0.1) is 12.4 Å². The van der Waals surface area contributed by atoms with Gasteiger partial charge in [-0.1, -0.05) is 34.1 Å². The molecular weight excluding hydrogens is 268 g/mol. The van der Waals surface area contributed by atoms with Crippen LogP contribution in [0.2, 0.25) is 0 Å². The van der Waals surface area contributed by atoms with Crippen molar-refractivity contribution in [2.75, 3.05) is 6.54 Å². The van der Waals surface area contributed by atoms with Crippen LogP contribution in [0.1, 0.15) is 18.0 Å². The second-order valence-corrected chi connectivity index (χ2v) is 4.17. The first-order valence-corrected chi connectivity index (χ1v) is 5.18. The molecule has 0 spiro atoms. The van der Waals surface area contributed by atoms with E-state index in [0.717, 1.165) is 10.0 Å². The Morgan fingerprint density at radius 2 is 2.07 bits per heavy atom. The van der Waals surface area contributed by atoms with E-state index in [1.54, 1.807) is 0 Å². The molecule has 0 amide bonds. The van der Waals surface area contributed by atoms with Gasteiger partial charge in [0.05, 0.1) is 0 Å². The fraction of sp³-hybridized carbons (Fsp3) is 0.400. The van der Waals surface area contributed by atoms with Gasteiger partial charge >= 0.3 is 0 Å². The maximum Gasteiger partial charge on any atom is 0.114 e. The molecule has 0 saturated carbocycles. The lowest BCUT2D eigenvalue weighted by Crippen LogP contribution is -2.14. The van der Waals surface area contributed by atoms with Gasteiger partial charge in [0.1, 0.15) is 6.17 Å². The third kappa shape index (κ3) is 2.47. The van der Waals surface area contributed by atoms with Crippen molar-refractivity contribution in [3.8, 4) is 0 Å². The molecule has 1 fully saturated rings. The van der Waals surface area contributed by atoms with E-state index in [9.17, 15) is 4.39 Å². The zero-order valence-corrected chi connectivity index (χ0v) is 9.94. The SMILES string of the molecule is Cl.FC1CNC(c2ccccc2Br)C1. The lowest BCUT2D eigenvalue weighted by molar-refractivity contribution is 0.356. The molecule has 0 bridgehead atoms. The van der Waals surface area contributed by atoms with Crippen molar-refractivity contribution in [2.45, 2.75) is 18.6 Å². The molecule has 0 aromatic heterocycles. The van der Waals surface area contributed by atoms with E-state index in [0.29, 0.717) is 13.0 Å². The van der Waals surface area contributed by atoms with Gasteiger partial charge in [-0.2, -0.15) is 0 Å². The Bertz CT molecular complexity index is 308. The Labute approximate surface area is 97.6 Å². The second-order valence-electron chi connectivity index (χ2n) is 3.32. The van der Waals surface area contributed by atoms with Crippen LogP contribution in [0.15, 0.2) is 28.7 Å². The minimum Gasteiger partial charge on any atom is -0.307 e. The lowest BCUT2D eigenvalue weighted by atomic mass is 10.1. The van der Waals surface area contributed by atoms with Gasteiger partial charge in [0, 0.05) is 17.1 Å². The van der Waals surface area contributed by atoms with Crippen molar-refractivity contribution in [1.29, 1.82) is 0 Å². The van der Waals surface area contributed by atoms with E-state index >= 15 is 0 Å². The van der Waals surface area contributed by atoms with Gasteiger partial charge in [-0.25, -0.2) is 4.39 Å². The summed E-state index contributed by atoms with van der Waals surface area (Å²) in [7, 11) is 0. The number of hydrogen-bond acceptors (Lipinski definition) is 1. The number of halogens is 3. The Kier molecular flexibility index (Phi) is 4.35. The second kappa shape index (κ2) is 5.10. The topological polar surface area (TPSA) is 12.0 Å². The van der Waals surface area contributed by atoms with Crippen LogP contribution in [-0.4, -0.2) is 12.7 Å². The van der Waals surface area contributed by atoms with Crippen molar-refractivity contribution >= 4 is 28.3 Å². The van der Waals surface area contributed by atoms with Crippen LogP contribution in [0.4, 0.5) is 4.39 Å². The maximum absolute atomic E-state index is 12.9. The summed E-state index contributed by atoms with van der Waals surface area (Å²) in [5, 5.41) is 3.16. The third-order valence-corrected chi connectivity index (χ3v) is 3.08. The van der Waals surface area contributed by atoms with Gasteiger partial charge in [0.15, 0.2) is 0 Å². The molecule has 14 heavy (non-hydrogen) atoms. The molecule has 1 N–H and O–H groups in total. The number of nitrogens with one attached hydrogen (secondary N) is 1. The predicted octanol–water partition coefficient (Wildman–Crippen LogP) is 3.24. The molecule has 1 aliphatic heterocycles. The summed E-state index contributed by atoms with van der Waals surface area (Å²) in [5.74, 6) is 0. The fourth-order valence-corrected chi connectivity index (χ4v) is 2.25. The van der Waals surface area contributed by atoms with E-state index in [1.807, 2.05) is 24.3 Å². The molecule has 78 valence electrons. The number of alkyl halides is 1. The van der Waals surface area contributed by atoms with E-state index in [2.05, 4.69) is 21.2 Å². The van der Waals surface area contributed by atoms with E-state index in [-0.39, 0.29) is 18.4 Å². The fourth-order valence-electron chi connectivity index (χ4n) is 1.69. The summed E-state index contributed by atoms with van der Waals surface area (Å²) in [6, 6.07) is 8.14. The van der Waals surface area contributed by atoms with Crippen molar-refractivity contribution in [1.82, 2.24) is 5.32 Å². The molecule has 2 atom stereocenters. The standard InChI is InChI=1S/C10H11BrFN.ClH/c11-9-4-2-1-3-8(9)10-5-7(12)6-13-10;/h1-4,7,10,13H,5-6H2;1H. The maximum atomic E-state index is 12.9. The highest BCUT2D eigenvalue weighted by Gasteiger charge is 2.25. The molecule has 0 aliphatic carbocycles. The average molecular weight is 281 g/mol. The largest absolute Gasteiger partial charge is 0.307 e. The van der Waals surface area contributed by atoms with Crippen molar-refractivity contribution in [2.24, 2.45) is 0 Å². The summed E-state index contributed by atoms with van der Waals surface area (Å²) in [4.78, 5) is 0. The van der Waals surface area contributed by atoms with Crippen LogP contribution in [0, 0.1) is 0 Å².